The zero-order valence-electron chi connectivity index (χ0n) is 11.4. The van der Waals surface area contributed by atoms with Gasteiger partial charge in [0.05, 0.1) is 6.54 Å². The molecule has 1 fully saturated rings. The van der Waals surface area contributed by atoms with Crippen LogP contribution in [0, 0.1) is 0 Å². The van der Waals surface area contributed by atoms with Crippen molar-refractivity contribution in [2.24, 2.45) is 10.7 Å². The maximum atomic E-state index is 6.03. The van der Waals surface area contributed by atoms with Gasteiger partial charge in [-0.25, -0.2) is 0 Å². The van der Waals surface area contributed by atoms with Crippen molar-refractivity contribution in [2.45, 2.75) is 32.1 Å². The minimum absolute atomic E-state index is 0.263. The topological polar surface area (TPSA) is 41.6 Å². The molecular formula is C15H23N3. The third kappa shape index (κ3) is 2.66. The van der Waals surface area contributed by atoms with Gasteiger partial charge in [0.25, 0.3) is 0 Å². The molecule has 18 heavy (non-hydrogen) atoms. The quantitative estimate of drug-likeness (QED) is 0.639. The molecule has 1 aromatic rings. The van der Waals surface area contributed by atoms with Crippen molar-refractivity contribution in [1.29, 1.82) is 0 Å². The van der Waals surface area contributed by atoms with E-state index in [1.165, 1.54) is 18.4 Å². The number of nitrogens with zero attached hydrogens (tertiary/aromatic N) is 2. The van der Waals surface area contributed by atoms with Gasteiger partial charge in [0.2, 0.25) is 0 Å². The van der Waals surface area contributed by atoms with Crippen LogP contribution >= 0.6 is 0 Å². The van der Waals surface area contributed by atoms with Gasteiger partial charge in [-0.2, -0.15) is 0 Å². The van der Waals surface area contributed by atoms with Crippen LogP contribution < -0.4 is 5.73 Å². The Kier molecular flexibility index (Phi) is 3.90. The summed E-state index contributed by atoms with van der Waals surface area (Å²) in [5.41, 5.74) is 7.69. The second kappa shape index (κ2) is 5.42. The first kappa shape index (κ1) is 12.9. The van der Waals surface area contributed by atoms with E-state index in [1.807, 2.05) is 0 Å². The maximum Gasteiger partial charge on any atom is 0.191 e. The van der Waals surface area contributed by atoms with E-state index in [2.05, 4.69) is 54.1 Å². The average molecular weight is 245 g/mol. The van der Waals surface area contributed by atoms with E-state index in [9.17, 15) is 0 Å². The van der Waals surface area contributed by atoms with Gasteiger partial charge in [-0.1, -0.05) is 30.3 Å². The molecule has 1 aromatic carbocycles. The van der Waals surface area contributed by atoms with Crippen molar-refractivity contribution in [2.75, 3.05) is 19.6 Å². The van der Waals surface area contributed by atoms with Crippen LogP contribution in [0.2, 0.25) is 0 Å². The minimum Gasteiger partial charge on any atom is -0.370 e. The van der Waals surface area contributed by atoms with Gasteiger partial charge in [-0.05, 0) is 32.3 Å². The van der Waals surface area contributed by atoms with Crippen LogP contribution in [-0.4, -0.2) is 30.5 Å². The van der Waals surface area contributed by atoms with Gasteiger partial charge in [-0.15, -0.1) is 0 Å². The summed E-state index contributed by atoms with van der Waals surface area (Å²) in [5, 5.41) is 0. The van der Waals surface area contributed by atoms with Crippen molar-refractivity contribution >= 4 is 5.96 Å². The zero-order chi connectivity index (χ0) is 13.0. The molecule has 3 nitrogen and oxygen atoms in total. The second-order valence-electron chi connectivity index (χ2n) is 4.99. The van der Waals surface area contributed by atoms with Crippen LogP contribution in [0.1, 0.15) is 32.3 Å². The monoisotopic (exact) mass is 245 g/mol. The van der Waals surface area contributed by atoms with E-state index in [1.54, 1.807) is 0 Å². The first-order valence-corrected chi connectivity index (χ1v) is 6.82. The molecule has 1 aliphatic rings. The molecule has 3 heteroatoms. The highest BCUT2D eigenvalue weighted by molar-refractivity contribution is 5.78. The highest BCUT2D eigenvalue weighted by Gasteiger charge is 2.43. The van der Waals surface area contributed by atoms with Crippen LogP contribution in [-0.2, 0) is 5.41 Å². The predicted molar refractivity (Wildman–Crippen MR) is 76.8 cm³/mol. The van der Waals surface area contributed by atoms with Crippen LogP contribution in [0.4, 0.5) is 0 Å². The van der Waals surface area contributed by atoms with Crippen LogP contribution in [0.5, 0.6) is 0 Å². The fourth-order valence-electron chi connectivity index (χ4n) is 2.36. The Morgan fingerprint density at radius 2 is 1.83 bits per heavy atom. The Balaban J connectivity index is 2.04. The van der Waals surface area contributed by atoms with Gasteiger partial charge in [0.1, 0.15) is 0 Å². The summed E-state index contributed by atoms with van der Waals surface area (Å²) in [7, 11) is 0. The highest BCUT2D eigenvalue weighted by atomic mass is 15.2. The summed E-state index contributed by atoms with van der Waals surface area (Å²) in [5.74, 6) is 0.683. The molecule has 0 unspecified atom stereocenters. The smallest absolute Gasteiger partial charge is 0.191 e. The van der Waals surface area contributed by atoms with E-state index in [-0.39, 0.29) is 5.41 Å². The van der Waals surface area contributed by atoms with Crippen molar-refractivity contribution in [3.05, 3.63) is 35.9 Å². The normalized spacial score (nSPS) is 17.6. The molecule has 2 rings (SSSR count). The third-order valence-electron chi connectivity index (χ3n) is 3.87. The van der Waals surface area contributed by atoms with E-state index in [4.69, 9.17) is 5.73 Å². The standard InChI is InChI=1S/C15H23N3/c1-3-18(4-2)14(16)17-12-15(10-11-15)13-8-6-5-7-9-13/h5-9H,3-4,10-12H2,1-2H3,(H2,16,17). The lowest BCUT2D eigenvalue weighted by molar-refractivity contribution is 0.456. The van der Waals surface area contributed by atoms with Crippen LogP contribution in [0.25, 0.3) is 0 Å². The number of rotatable bonds is 5. The van der Waals surface area contributed by atoms with E-state index >= 15 is 0 Å². The number of benzene rings is 1. The summed E-state index contributed by atoms with van der Waals surface area (Å²) in [6.07, 6.45) is 2.46. The second-order valence-corrected chi connectivity index (χ2v) is 4.99. The van der Waals surface area contributed by atoms with Gasteiger partial charge in [0, 0.05) is 18.5 Å². The molecule has 0 atom stereocenters. The van der Waals surface area contributed by atoms with Gasteiger partial charge < -0.3 is 10.6 Å². The van der Waals surface area contributed by atoms with Crippen molar-refractivity contribution < 1.29 is 0 Å². The summed E-state index contributed by atoms with van der Waals surface area (Å²) in [6, 6.07) is 10.7. The lowest BCUT2D eigenvalue weighted by atomic mass is 9.96. The Morgan fingerprint density at radius 3 is 2.33 bits per heavy atom. The van der Waals surface area contributed by atoms with E-state index in [0.717, 1.165) is 19.6 Å². The molecule has 0 saturated heterocycles. The Labute approximate surface area is 110 Å². The molecule has 0 amide bonds. The lowest BCUT2D eigenvalue weighted by Crippen LogP contribution is -2.37. The molecule has 0 aliphatic heterocycles. The molecule has 0 aromatic heterocycles. The average Bonchev–Trinajstić information content (AvgIpc) is 3.20. The molecule has 0 bridgehead atoms. The molecule has 0 spiro atoms. The number of guanidine groups is 1. The van der Waals surface area contributed by atoms with E-state index in [0.29, 0.717) is 5.96 Å². The molecule has 98 valence electrons. The number of aliphatic imine (C=N–C) groups is 1. The van der Waals surface area contributed by atoms with Gasteiger partial charge in [0.15, 0.2) is 5.96 Å². The number of nitrogens with two attached hydrogens (primary N) is 1. The van der Waals surface area contributed by atoms with E-state index < -0.39 is 0 Å². The lowest BCUT2D eigenvalue weighted by Gasteiger charge is -2.21. The van der Waals surface area contributed by atoms with Crippen molar-refractivity contribution in [1.82, 2.24) is 4.90 Å². The Bertz CT molecular complexity index is 403. The molecule has 1 saturated carbocycles. The molecule has 0 heterocycles. The highest BCUT2D eigenvalue weighted by Crippen LogP contribution is 2.48. The predicted octanol–water partition coefficient (Wildman–Crippen LogP) is 2.37. The first-order valence-electron chi connectivity index (χ1n) is 6.82. The number of hydrogen-bond donors (Lipinski definition) is 1. The molecule has 2 N–H and O–H groups in total. The largest absolute Gasteiger partial charge is 0.370 e. The first-order chi connectivity index (χ1) is 8.72. The number of hydrogen-bond acceptors (Lipinski definition) is 1. The SMILES string of the molecule is CCN(CC)C(N)=NCC1(c2ccccc2)CC1. The van der Waals surface area contributed by atoms with Crippen molar-refractivity contribution in [3.8, 4) is 0 Å². The van der Waals surface area contributed by atoms with Crippen LogP contribution in [0.3, 0.4) is 0 Å². The van der Waals surface area contributed by atoms with Gasteiger partial charge in [-0.3, -0.25) is 4.99 Å². The summed E-state index contributed by atoms with van der Waals surface area (Å²) >= 11 is 0. The fourth-order valence-corrected chi connectivity index (χ4v) is 2.36. The molecular weight excluding hydrogens is 222 g/mol. The summed E-state index contributed by atoms with van der Waals surface area (Å²) < 4.78 is 0. The van der Waals surface area contributed by atoms with Gasteiger partial charge >= 0.3 is 0 Å². The molecule has 1 aliphatic carbocycles. The van der Waals surface area contributed by atoms with Crippen LogP contribution in [0.15, 0.2) is 35.3 Å². The summed E-state index contributed by atoms with van der Waals surface area (Å²) in [4.78, 5) is 6.70. The Hall–Kier alpha value is -1.51. The zero-order valence-corrected chi connectivity index (χ0v) is 11.4. The maximum absolute atomic E-state index is 6.03. The Morgan fingerprint density at radius 1 is 1.22 bits per heavy atom. The van der Waals surface area contributed by atoms with Crippen molar-refractivity contribution in [3.63, 3.8) is 0 Å². The molecule has 0 radical (unpaired) electrons. The summed E-state index contributed by atoms with van der Waals surface area (Å²) in [6.45, 7) is 6.87. The third-order valence-corrected chi connectivity index (χ3v) is 3.87. The minimum atomic E-state index is 0.263. The fraction of sp³-hybridized carbons (Fsp3) is 0.533.